The Bertz CT molecular complexity index is 626. The maximum absolute atomic E-state index is 10.7. The molecule has 0 amide bonds. The quantitative estimate of drug-likeness (QED) is 0.610. The van der Waals surface area contributed by atoms with Crippen LogP contribution in [0.4, 0.5) is 11.4 Å². The SMILES string of the molecule is CN=C1C(C#N)=CC(C)CN1c1ccc([N+](=O)[O-])cc1. The van der Waals surface area contributed by atoms with Crippen molar-refractivity contribution < 1.29 is 4.92 Å². The third-order valence-electron chi connectivity index (χ3n) is 3.12. The number of aliphatic imine (C=N–C) groups is 1. The van der Waals surface area contributed by atoms with E-state index in [4.69, 9.17) is 0 Å². The van der Waals surface area contributed by atoms with Crippen LogP contribution < -0.4 is 4.90 Å². The minimum atomic E-state index is -0.432. The van der Waals surface area contributed by atoms with E-state index >= 15 is 0 Å². The Morgan fingerprint density at radius 2 is 2.10 bits per heavy atom. The number of amidine groups is 1. The highest BCUT2D eigenvalue weighted by atomic mass is 16.6. The Labute approximate surface area is 116 Å². The molecule has 102 valence electrons. The summed E-state index contributed by atoms with van der Waals surface area (Å²) in [7, 11) is 1.63. The largest absolute Gasteiger partial charge is 0.325 e. The fraction of sp³-hybridized carbons (Fsp3) is 0.286. The maximum Gasteiger partial charge on any atom is 0.269 e. The molecule has 0 saturated heterocycles. The lowest BCUT2D eigenvalue weighted by Crippen LogP contribution is -2.39. The van der Waals surface area contributed by atoms with Gasteiger partial charge < -0.3 is 4.90 Å². The van der Waals surface area contributed by atoms with Gasteiger partial charge in [0.15, 0.2) is 0 Å². The third kappa shape index (κ3) is 2.52. The van der Waals surface area contributed by atoms with Crippen LogP contribution in [0.25, 0.3) is 0 Å². The van der Waals surface area contributed by atoms with Crippen LogP contribution in [-0.4, -0.2) is 24.4 Å². The Balaban J connectivity index is 2.39. The van der Waals surface area contributed by atoms with Crippen molar-refractivity contribution in [2.24, 2.45) is 10.9 Å². The van der Waals surface area contributed by atoms with Crippen molar-refractivity contribution in [1.82, 2.24) is 0 Å². The molecule has 0 saturated carbocycles. The zero-order valence-electron chi connectivity index (χ0n) is 11.3. The first-order valence-corrected chi connectivity index (χ1v) is 6.18. The lowest BCUT2D eigenvalue weighted by molar-refractivity contribution is -0.384. The zero-order valence-corrected chi connectivity index (χ0v) is 11.3. The Hall–Kier alpha value is -2.68. The molecule has 1 atom stereocenters. The molecule has 20 heavy (non-hydrogen) atoms. The standard InChI is InChI=1S/C14H14N4O2/c1-10-7-11(8-15)14(16-2)17(9-10)12-3-5-13(6-4-12)18(19)20/h3-7,10H,9H2,1-2H3. The van der Waals surface area contributed by atoms with E-state index in [1.54, 1.807) is 19.2 Å². The molecule has 0 bridgehead atoms. The minimum Gasteiger partial charge on any atom is -0.325 e. The molecule has 2 rings (SSSR count). The normalized spacial score (nSPS) is 20.4. The number of nitro benzene ring substituents is 1. The van der Waals surface area contributed by atoms with Gasteiger partial charge in [-0.15, -0.1) is 0 Å². The van der Waals surface area contributed by atoms with Crippen molar-refractivity contribution in [2.45, 2.75) is 6.92 Å². The second-order valence-corrected chi connectivity index (χ2v) is 4.60. The molecule has 0 N–H and O–H groups in total. The topological polar surface area (TPSA) is 82.5 Å². The minimum absolute atomic E-state index is 0.0462. The van der Waals surface area contributed by atoms with E-state index in [9.17, 15) is 15.4 Å². The zero-order chi connectivity index (χ0) is 14.7. The number of nitrogens with zero attached hydrogens (tertiary/aromatic N) is 4. The summed E-state index contributed by atoms with van der Waals surface area (Å²) < 4.78 is 0. The first-order chi connectivity index (χ1) is 9.56. The Morgan fingerprint density at radius 3 is 2.60 bits per heavy atom. The van der Waals surface area contributed by atoms with E-state index in [1.807, 2.05) is 17.9 Å². The fourth-order valence-corrected chi connectivity index (χ4v) is 2.24. The lowest BCUT2D eigenvalue weighted by Gasteiger charge is -2.31. The third-order valence-corrected chi connectivity index (χ3v) is 3.12. The molecule has 1 aromatic carbocycles. The predicted octanol–water partition coefficient (Wildman–Crippen LogP) is 2.53. The van der Waals surface area contributed by atoms with Crippen LogP contribution >= 0.6 is 0 Å². The number of hydrogen-bond donors (Lipinski definition) is 0. The summed E-state index contributed by atoms with van der Waals surface area (Å²) >= 11 is 0. The molecule has 0 aliphatic carbocycles. The molecule has 1 aliphatic heterocycles. The Morgan fingerprint density at radius 1 is 1.45 bits per heavy atom. The van der Waals surface area contributed by atoms with Gasteiger partial charge in [0, 0.05) is 31.4 Å². The first-order valence-electron chi connectivity index (χ1n) is 6.18. The number of benzene rings is 1. The van der Waals surface area contributed by atoms with Crippen molar-refractivity contribution in [2.75, 3.05) is 18.5 Å². The van der Waals surface area contributed by atoms with Gasteiger partial charge in [0.1, 0.15) is 11.9 Å². The van der Waals surface area contributed by atoms with Crippen LogP contribution in [0.2, 0.25) is 0 Å². The lowest BCUT2D eigenvalue weighted by atomic mass is 10.0. The summed E-state index contributed by atoms with van der Waals surface area (Å²) in [5.41, 5.74) is 1.37. The van der Waals surface area contributed by atoms with Gasteiger partial charge in [-0.1, -0.05) is 13.0 Å². The average molecular weight is 270 g/mol. The molecular formula is C14H14N4O2. The van der Waals surface area contributed by atoms with E-state index < -0.39 is 4.92 Å². The van der Waals surface area contributed by atoms with Gasteiger partial charge in [-0.2, -0.15) is 5.26 Å². The van der Waals surface area contributed by atoms with E-state index in [2.05, 4.69) is 11.1 Å². The van der Waals surface area contributed by atoms with Crippen molar-refractivity contribution in [3.8, 4) is 6.07 Å². The van der Waals surface area contributed by atoms with Crippen molar-refractivity contribution >= 4 is 17.2 Å². The molecule has 0 fully saturated rings. The average Bonchev–Trinajstić information content (AvgIpc) is 2.46. The molecule has 1 unspecified atom stereocenters. The smallest absolute Gasteiger partial charge is 0.269 e. The second-order valence-electron chi connectivity index (χ2n) is 4.60. The second kappa shape index (κ2) is 5.53. The Kier molecular flexibility index (Phi) is 3.80. The molecule has 6 nitrogen and oxygen atoms in total. The van der Waals surface area contributed by atoms with Crippen LogP contribution in [0.3, 0.4) is 0 Å². The maximum atomic E-state index is 10.7. The van der Waals surface area contributed by atoms with Gasteiger partial charge in [-0.3, -0.25) is 15.1 Å². The number of nitro groups is 1. The van der Waals surface area contributed by atoms with Crippen LogP contribution in [0.15, 0.2) is 40.9 Å². The molecule has 1 heterocycles. The molecule has 1 aliphatic rings. The van der Waals surface area contributed by atoms with Gasteiger partial charge in [-0.05, 0) is 18.1 Å². The van der Waals surface area contributed by atoms with Gasteiger partial charge in [0.25, 0.3) is 5.69 Å². The van der Waals surface area contributed by atoms with E-state index in [0.29, 0.717) is 18.0 Å². The number of rotatable bonds is 2. The van der Waals surface area contributed by atoms with Gasteiger partial charge >= 0.3 is 0 Å². The summed E-state index contributed by atoms with van der Waals surface area (Å²) in [5.74, 6) is 0.810. The highest BCUT2D eigenvalue weighted by Crippen LogP contribution is 2.26. The van der Waals surface area contributed by atoms with E-state index in [-0.39, 0.29) is 11.6 Å². The fourth-order valence-electron chi connectivity index (χ4n) is 2.24. The first kappa shape index (κ1) is 13.7. The number of non-ortho nitro benzene ring substituents is 1. The molecular weight excluding hydrogens is 256 g/mol. The van der Waals surface area contributed by atoms with Crippen LogP contribution in [0.5, 0.6) is 0 Å². The number of anilines is 1. The molecule has 0 aromatic heterocycles. The van der Waals surface area contributed by atoms with Crippen LogP contribution in [-0.2, 0) is 0 Å². The van der Waals surface area contributed by atoms with Crippen LogP contribution in [0, 0.1) is 27.4 Å². The van der Waals surface area contributed by atoms with Gasteiger partial charge in [0.05, 0.1) is 10.5 Å². The van der Waals surface area contributed by atoms with E-state index in [0.717, 1.165) is 5.69 Å². The molecule has 0 spiro atoms. The van der Waals surface area contributed by atoms with E-state index in [1.165, 1.54) is 12.1 Å². The van der Waals surface area contributed by atoms with Crippen molar-refractivity contribution in [3.05, 3.63) is 46.0 Å². The van der Waals surface area contributed by atoms with Crippen LogP contribution in [0.1, 0.15) is 6.92 Å². The monoisotopic (exact) mass is 270 g/mol. The summed E-state index contributed by atoms with van der Waals surface area (Å²) in [4.78, 5) is 16.3. The number of hydrogen-bond acceptors (Lipinski definition) is 4. The molecule has 6 heteroatoms. The number of nitriles is 1. The van der Waals surface area contributed by atoms with Gasteiger partial charge in [0.2, 0.25) is 0 Å². The van der Waals surface area contributed by atoms with Gasteiger partial charge in [-0.25, -0.2) is 0 Å². The summed E-state index contributed by atoms with van der Waals surface area (Å²) in [6, 6.07) is 8.41. The highest BCUT2D eigenvalue weighted by Gasteiger charge is 2.24. The summed E-state index contributed by atoms with van der Waals surface area (Å²) in [6.45, 7) is 2.71. The summed E-state index contributed by atoms with van der Waals surface area (Å²) in [6.07, 6.45) is 1.89. The molecule has 0 radical (unpaired) electrons. The van der Waals surface area contributed by atoms with Crippen molar-refractivity contribution in [1.29, 1.82) is 5.26 Å². The predicted molar refractivity (Wildman–Crippen MR) is 76.7 cm³/mol. The van der Waals surface area contributed by atoms with Crippen molar-refractivity contribution in [3.63, 3.8) is 0 Å². The summed E-state index contributed by atoms with van der Waals surface area (Å²) in [5, 5.41) is 19.9. The molecule has 1 aromatic rings. The highest BCUT2D eigenvalue weighted by molar-refractivity contribution is 6.12.